The maximum absolute atomic E-state index is 11.5. The fraction of sp³-hybridized carbons (Fsp3) is 0.562. The highest BCUT2D eigenvalue weighted by Crippen LogP contribution is 2.37. The molecule has 0 spiro atoms. The van der Waals surface area contributed by atoms with Gasteiger partial charge in [-0.05, 0) is 44.0 Å². The van der Waals surface area contributed by atoms with Crippen molar-refractivity contribution in [1.82, 2.24) is 4.90 Å². The summed E-state index contributed by atoms with van der Waals surface area (Å²) in [7, 11) is 0. The van der Waals surface area contributed by atoms with Crippen molar-refractivity contribution in [3.05, 3.63) is 34.9 Å². The van der Waals surface area contributed by atoms with Crippen LogP contribution in [0.1, 0.15) is 38.2 Å². The van der Waals surface area contributed by atoms with E-state index in [0.29, 0.717) is 0 Å². The molecule has 0 aliphatic carbocycles. The predicted molar refractivity (Wildman–Crippen MR) is 80.9 cm³/mol. The minimum Gasteiger partial charge on any atom is -0.481 e. The van der Waals surface area contributed by atoms with Gasteiger partial charge in [-0.1, -0.05) is 43.1 Å². The molecule has 1 aromatic rings. The monoisotopic (exact) mass is 295 g/mol. The van der Waals surface area contributed by atoms with Crippen molar-refractivity contribution >= 4 is 17.6 Å². The standard InChI is InChI=1S/C16H22ClNO2/c1-2-7-16(15(19)20)8-10-18(11-9-16)12-13-5-3-4-6-14(13)17/h3-6H,2,7-12H2,1H3,(H,19,20). The Kier molecular flexibility index (Phi) is 5.06. The average Bonchev–Trinajstić information content (AvgIpc) is 2.43. The van der Waals surface area contributed by atoms with Gasteiger partial charge in [0.05, 0.1) is 5.41 Å². The molecule has 110 valence electrons. The lowest BCUT2D eigenvalue weighted by atomic mass is 9.75. The molecule has 3 nitrogen and oxygen atoms in total. The third kappa shape index (κ3) is 3.33. The summed E-state index contributed by atoms with van der Waals surface area (Å²) in [6.07, 6.45) is 3.18. The molecule has 0 radical (unpaired) electrons. The van der Waals surface area contributed by atoms with Crippen LogP contribution < -0.4 is 0 Å². The number of halogens is 1. The summed E-state index contributed by atoms with van der Waals surface area (Å²) < 4.78 is 0. The van der Waals surface area contributed by atoms with E-state index in [1.165, 1.54) is 0 Å². The summed E-state index contributed by atoms with van der Waals surface area (Å²) in [6.45, 7) is 4.53. The first-order chi connectivity index (χ1) is 9.57. The van der Waals surface area contributed by atoms with Crippen LogP contribution in [-0.2, 0) is 11.3 Å². The van der Waals surface area contributed by atoms with Crippen molar-refractivity contribution in [2.75, 3.05) is 13.1 Å². The number of hydrogen-bond donors (Lipinski definition) is 1. The Morgan fingerprint density at radius 2 is 2.00 bits per heavy atom. The third-order valence-electron chi connectivity index (χ3n) is 4.35. The molecule has 0 atom stereocenters. The molecule has 1 heterocycles. The lowest BCUT2D eigenvalue weighted by molar-refractivity contribution is -0.152. The van der Waals surface area contributed by atoms with Gasteiger partial charge in [-0.15, -0.1) is 0 Å². The second-order valence-electron chi connectivity index (χ2n) is 5.70. The van der Waals surface area contributed by atoms with Gasteiger partial charge in [0.1, 0.15) is 0 Å². The maximum atomic E-state index is 11.5. The zero-order chi connectivity index (χ0) is 14.6. The van der Waals surface area contributed by atoms with E-state index in [2.05, 4.69) is 11.8 Å². The molecule has 1 aliphatic rings. The van der Waals surface area contributed by atoms with Crippen molar-refractivity contribution < 1.29 is 9.90 Å². The zero-order valence-corrected chi connectivity index (χ0v) is 12.7. The summed E-state index contributed by atoms with van der Waals surface area (Å²) in [5.41, 5.74) is 0.610. The van der Waals surface area contributed by atoms with E-state index >= 15 is 0 Å². The Morgan fingerprint density at radius 1 is 1.35 bits per heavy atom. The zero-order valence-electron chi connectivity index (χ0n) is 11.9. The van der Waals surface area contributed by atoms with E-state index in [1.807, 2.05) is 24.3 Å². The van der Waals surface area contributed by atoms with Gasteiger partial charge in [-0.3, -0.25) is 9.69 Å². The van der Waals surface area contributed by atoms with Crippen molar-refractivity contribution in [1.29, 1.82) is 0 Å². The molecule has 4 heteroatoms. The number of aliphatic carboxylic acids is 1. The predicted octanol–water partition coefficient (Wildman–Crippen LogP) is 3.81. The van der Waals surface area contributed by atoms with Crippen molar-refractivity contribution in [3.63, 3.8) is 0 Å². The number of carboxylic acid groups (broad SMARTS) is 1. The lowest BCUT2D eigenvalue weighted by Gasteiger charge is -2.39. The molecule has 2 rings (SSSR count). The number of carbonyl (C=O) groups is 1. The van der Waals surface area contributed by atoms with E-state index in [9.17, 15) is 9.90 Å². The Morgan fingerprint density at radius 3 is 2.55 bits per heavy atom. The summed E-state index contributed by atoms with van der Waals surface area (Å²) in [5, 5.41) is 10.3. The van der Waals surface area contributed by atoms with Gasteiger partial charge in [0.2, 0.25) is 0 Å². The highest BCUT2D eigenvalue weighted by molar-refractivity contribution is 6.31. The number of likely N-dealkylation sites (tertiary alicyclic amines) is 1. The molecule has 1 aromatic carbocycles. The summed E-state index contributed by atoms with van der Waals surface area (Å²) >= 11 is 6.18. The molecule has 1 fully saturated rings. The Balaban J connectivity index is 1.97. The largest absolute Gasteiger partial charge is 0.481 e. The van der Waals surface area contributed by atoms with Crippen LogP contribution in [0, 0.1) is 5.41 Å². The lowest BCUT2D eigenvalue weighted by Crippen LogP contribution is -2.44. The van der Waals surface area contributed by atoms with Crippen LogP contribution in [0.15, 0.2) is 24.3 Å². The molecule has 1 saturated heterocycles. The smallest absolute Gasteiger partial charge is 0.309 e. The normalized spacial score (nSPS) is 18.9. The van der Waals surface area contributed by atoms with E-state index in [0.717, 1.165) is 55.9 Å². The van der Waals surface area contributed by atoms with Crippen LogP contribution in [0.4, 0.5) is 0 Å². The molecule has 0 aromatic heterocycles. The van der Waals surface area contributed by atoms with Crippen LogP contribution in [0.25, 0.3) is 0 Å². The van der Waals surface area contributed by atoms with Crippen LogP contribution >= 0.6 is 11.6 Å². The van der Waals surface area contributed by atoms with E-state index in [4.69, 9.17) is 11.6 Å². The molecule has 1 N–H and O–H groups in total. The number of hydrogen-bond acceptors (Lipinski definition) is 2. The number of nitrogens with zero attached hydrogens (tertiary/aromatic N) is 1. The van der Waals surface area contributed by atoms with Gasteiger partial charge in [0, 0.05) is 11.6 Å². The van der Waals surface area contributed by atoms with Crippen molar-refractivity contribution in [3.8, 4) is 0 Å². The second kappa shape index (κ2) is 6.59. The average molecular weight is 296 g/mol. The van der Waals surface area contributed by atoms with Gasteiger partial charge >= 0.3 is 5.97 Å². The first-order valence-electron chi connectivity index (χ1n) is 7.26. The van der Waals surface area contributed by atoms with Crippen LogP contribution in [0.2, 0.25) is 5.02 Å². The fourth-order valence-electron chi connectivity index (χ4n) is 3.06. The molecule has 1 aliphatic heterocycles. The van der Waals surface area contributed by atoms with Gasteiger partial charge in [-0.2, -0.15) is 0 Å². The molecule has 0 unspecified atom stereocenters. The highest BCUT2D eigenvalue weighted by Gasteiger charge is 2.40. The first kappa shape index (κ1) is 15.3. The maximum Gasteiger partial charge on any atom is 0.309 e. The first-order valence-corrected chi connectivity index (χ1v) is 7.64. The molecule has 0 saturated carbocycles. The summed E-state index contributed by atoms with van der Waals surface area (Å²) in [4.78, 5) is 13.8. The van der Waals surface area contributed by atoms with E-state index in [-0.39, 0.29) is 0 Å². The summed E-state index contributed by atoms with van der Waals surface area (Å²) in [6, 6.07) is 7.86. The Bertz CT molecular complexity index is 467. The SMILES string of the molecule is CCCC1(C(=O)O)CCN(Cc2ccccc2Cl)CC1. The van der Waals surface area contributed by atoms with Crippen LogP contribution in [0.5, 0.6) is 0 Å². The van der Waals surface area contributed by atoms with Gasteiger partial charge < -0.3 is 5.11 Å². The van der Waals surface area contributed by atoms with E-state index in [1.54, 1.807) is 0 Å². The van der Waals surface area contributed by atoms with E-state index < -0.39 is 11.4 Å². The number of rotatable bonds is 5. The second-order valence-corrected chi connectivity index (χ2v) is 6.11. The van der Waals surface area contributed by atoms with Crippen molar-refractivity contribution in [2.45, 2.75) is 39.2 Å². The van der Waals surface area contributed by atoms with Gasteiger partial charge in [0.15, 0.2) is 0 Å². The quantitative estimate of drug-likeness (QED) is 0.898. The highest BCUT2D eigenvalue weighted by atomic mass is 35.5. The number of piperidine rings is 1. The molecule has 0 amide bonds. The van der Waals surface area contributed by atoms with Gasteiger partial charge in [-0.25, -0.2) is 0 Å². The molecular formula is C16H22ClNO2. The molecular weight excluding hydrogens is 274 g/mol. The van der Waals surface area contributed by atoms with Crippen molar-refractivity contribution in [2.24, 2.45) is 5.41 Å². The minimum atomic E-state index is -0.628. The molecule has 0 bridgehead atoms. The Labute approximate surface area is 125 Å². The molecule has 20 heavy (non-hydrogen) atoms. The number of carboxylic acids is 1. The fourth-order valence-corrected chi connectivity index (χ4v) is 3.25. The third-order valence-corrected chi connectivity index (χ3v) is 4.72. The minimum absolute atomic E-state index is 0.508. The topological polar surface area (TPSA) is 40.5 Å². The van der Waals surface area contributed by atoms with Crippen LogP contribution in [0.3, 0.4) is 0 Å². The van der Waals surface area contributed by atoms with Crippen LogP contribution in [-0.4, -0.2) is 29.1 Å². The number of benzene rings is 1. The summed E-state index contributed by atoms with van der Waals surface area (Å²) in [5.74, 6) is -0.628. The Hall–Kier alpha value is -1.06. The van der Waals surface area contributed by atoms with Gasteiger partial charge in [0.25, 0.3) is 0 Å².